The Bertz CT molecular complexity index is 314. The summed E-state index contributed by atoms with van der Waals surface area (Å²) in [5, 5.41) is 0. The van der Waals surface area contributed by atoms with Gasteiger partial charge >= 0.3 is 12.3 Å². The van der Waals surface area contributed by atoms with E-state index in [9.17, 15) is 9.59 Å². The average molecular weight is 286 g/mol. The summed E-state index contributed by atoms with van der Waals surface area (Å²) in [7, 11) is 0. The van der Waals surface area contributed by atoms with Crippen molar-refractivity contribution in [2.24, 2.45) is 0 Å². The van der Waals surface area contributed by atoms with E-state index in [1.165, 1.54) is 0 Å². The largest absolute Gasteiger partial charge is 0.508 e. The second-order valence-electron chi connectivity index (χ2n) is 3.98. The molecule has 6 nitrogen and oxygen atoms in total. The number of hydrogen-bond donors (Lipinski definition) is 0. The van der Waals surface area contributed by atoms with E-state index in [0.717, 1.165) is 24.0 Å². The van der Waals surface area contributed by atoms with Gasteiger partial charge in [-0.25, -0.2) is 9.59 Å². The molecule has 0 aliphatic heterocycles. The van der Waals surface area contributed by atoms with Gasteiger partial charge in [-0.05, 0) is 24.0 Å². The van der Waals surface area contributed by atoms with Crippen LogP contribution < -0.4 is 0 Å². The van der Waals surface area contributed by atoms with Crippen LogP contribution in [-0.4, -0.2) is 38.7 Å². The standard InChI is InChI=1S/C14H22O6/c1-5-11(3)9-19-13(15)17-7-8-18-14(16)20-10-12(4)6-2/h3-10H2,1-2H3. The Balaban J connectivity index is 3.55. The molecule has 6 heteroatoms. The first-order valence-corrected chi connectivity index (χ1v) is 6.41. The van der Waals surface area contributed by atoms with Crippen molar-refractivity contribution in [1.29, 1.82) is 0 Å². The van der Waals surface area contributed by atoms with Crippen molar-refractivity contribution < 1.29 is 28.5 Å². The smallest absolute Gasteiger partial charge is 0.431 e. The number of rotatable bonds is 9. The zero-order valence-corrected chi connectivity index (χ0v) is 12.1. The molecule has 0 aromatic heterocycles. The molecule has 0 rings (SSSR count). The van der Waals surface area contributed by atoms with Gasteiger partial charge in [0.2, 0.25) is 0 Å². The lowest BCUT2D eigenvalue weighted by molar-refractivity contribution is 0.0230. The van der Waals surface area contributed by atoms with Crippen molar-refractivity contribution in [2.75, 3.05) is 26.4 Å². The van der Waals surface area contributed by atoms with Gasteiger partial charge in [0.05, 0.1) is 0 Å². The highest BCUT2D eigenvalue weighted by molar-refractivity contribution is 5.61. The Morgan fingerprint density at radius 1 is 0.750 bits per heavy atom. The number of carbonyl (C=O) groups is 2. The molecule has 0 aromatic carbocycles. The minimum atomic E-state index is -0.823. The van der Waals surface area contributed by atoms with Gasteiger partial charge in [0.1, 0.15) is 26.4 Å². The van der Waals surface area contributed by atoms with Gasteiger partial charge in [-0.1, -0.05) is 27.0 Å². The van der Waals surface area contributed by atoms with Crippen LogP contribution in [0, 0.1) is 0 Å². The molecule has 0 fully saturated rings. The van der Waals surface area contributed by atoms with Crippen molar-refractivity contribution in [2.45, 2.75) is 26.7 Å². The van der Waals surface area contributed by atoms with Crippen LogP contribution in [0.4, 0.5) is 9.59 Å². The molecule has 0 saturated heterocycles. The molecule has 0 aliphatic carbocycles. The van der Waals surface area contributed by atoms with Crippen LogP contribution in [0.15, 0.2) is 24.3 Å². The van der Waals surface area contributed by atoms with Crippen LogP contribution in [0.25, 0.3) is 0 Å². The van der Waals surface area contributed by atoms with E-state index < -0.39 is 12.3 Å². The van der Waals surface area contributed by atoms with Gasteiger partial charge in [-0.15, -0.1) is 0 Å². The third-order valence-corrected chi connectivity index (χ3v) is 2.31. The Hall–Kier alpha value is -1.98. The Morgan fingerprint density at radius 2 is 1.10 bits per heavy atom. The second-order valence-corrected chi connectivity index (χ2v) is 3.98. The number of hydrogen-bond acceptors (Lipinski definition) is 6. The molecule has 0 amide bonds. The average Bonchev–Trinajstić information content (AvgIpc) is 2.46. The first kappa shape index (κ1) is 18.0. The quantitative estimate of drug-likeness (QED) is 0.368. The maximum absolute atomic E-state index is 11.1. The summed E-state index contributed by atoms with van der Waals surface area (Å²) in [6, 6.07) is 0. The summed E-state index contributed by atoms with van der Waals surface area (Å²) in [6.07, 6.45) is -0.192. The molecule has 0 spiro atoms. The molecular weight excluding hydrogens is 264 g/mol. The van der Waals surface area contributed by atoms with Crippen LogP contribution in [0.2, 0.25) is 0 Å². The second kappa shape index (κ2) is 10.9. The molecule has 114 valence electrons. The minimum absolute atomic E-state index is 0.0960. The third-order valence-electron chi connectivity index (χ3n) is 2.31. The highest BCUT2D eigenvalue weighted by atomic mass is 16.7. The van der Waals surface area contributed by atoms with Crippen LogP contribution in [0.1, 0.15) is 26.7 Å². The van der Waals surface area contributed by atoms with Gasteiger partial charge in [0, 0.05) is 0 Å². The van der Waals surface area contributed by atoms with Gasteiger partial charge in [-0.2, -0.15) is 0 Å². The summed E-state index contributed by atoms with van der Waals surface area (Å²) in [5.41, 5.74) is 1.58. The van der Waals surface area contributed by atoms with Crippen molar-refractivity contribution in [3.05, 3.63) is 24.3 Å². The molecule has 0 bridgehead atoms. The molecule has 0 heterocycles. The van der Waals surface area contributed by atoms with Gasteiger partial charge in [0.25, 0.3) is 0 Å². The summed E-state index contributed by atoms with van der Waals surface area (Å²) in [6.45, 7) is 11.2. The summed E-state index contributed by atoms with van der Waals surface area (Å²) in [5.74, 6) is 0. The topological polar surface area (TPSA) is 71.1 Å². The fourth-order valence-electron chi connectivity index (χ4n) is 0.859. The van der Waals surface area contributed by atoms with Crippen molar-refractivity contribution in [3.63, 3.8) is 0 Å². The maximum atomic E-state index is 11.1. The molecule has 0 radical (unpaired) electrons. The lowest BCUT2D eigenvalue weighted by Gasteiger charge is -2.08. The zero-order chi connectivity index (χ0) is 15.4. The highest BCUT2D eigenvalue weighted by Gasteiger charge is 2.07. The predicted octanol–water partition coefficient (Wildman–Crippen LogP) is 3.23. The fraction of sp³-hybridized carbons (Fsp3) is 0.571. The molecular formula is C14H22O6. The van der Waals surface area contributed by atoms with E-state index in [4.69, 9.17) is 9.47 Å². The van der Waals surface area contributed by atoms with Gasteiger partial charge in [-0.3, -0.25) is 0 Å². The molecule has 20 heavy (non-hydrogen) atoms. The predicted molar refractivity (Wildman–Crippen MR) is 73.5 cm³/mol. The number of carbonyl (C=O) groups excluding carboxylic acids is 2. The van der Waals surface area contributed by atoms with Crippen molar-refractivity contribution >= 4 is 12.3 Å². The molecule has 0 saturated carbocycles. The lowest BCUT2D eigenvalue weighted by atomic mass is 10.3. The summed E-state index contributed by atoms with van der Waals surface area (Å²) >= 11 is 0. The molecule has 0 unspecified atom stereocenters. The van der Waals surface area contributed by atoms with Crippen LogP contribution in [-0.2, 0) is 18.9 Å². The summed E-state index contributed by atoms with van der Waals surface area (Å²) < 4.78 is 18.9. The monoisotopic (exact) mass is 286 g/mol. The Kier molecular flexibility index (Phi) is 9.82. The maximum Gasteiger partial charge on any atom is 0.508 e. The first-order valence-electron chi connectivity index (χ1n) is 6.41. The third kappa shape index (κ3) is 9.99. The van der Waals surface area contributed by atoms with E-state index in [-0.39, 0.29) is 26.4 Å². The Morgan fingerprint density at radius 3 is 1.40 bits per heavy atom. The van der Waals surface area contributed by atoms with Gasteiger partial charge < -0.3 is 18.9 Å². The normalized spacial score (nSPS) is 9.50. The zero-order valence-electron chi connectivity index (χ0n) is 12.1. The molecule has 0 aliphatic rings. The summed E-state index contributed by atoms with van der Waals surface area (Å²) in [4.78, 5) is 22.2. The fourth-order valence-corrected chi connectivity index (χ4v) is 0.859. The van der Waals surface area contributed by atoms with E-state index in [1.54, 1.807) is 0 Å². The van der Waals surface area contributed by atoms with Crippen LogP contribution >= 0.6 is 0 Å². The molecule has 0 atom stereocenters. The SMILES string of the molecule is C=C(CC)COC(=O)OCCOC(=O)OCC(=C)CC. The van der Waals surface area contributed by atoms with Crippen LogP contribution in [0.5, 0.6) is 0 Å². The minimum Gasteiger partial charge on any atom is -0.431 e. The highest BCUT2D eigenvalue weighted by Crippen LogP contribution is 1.99. The number of ether oxygens (including phenoxy) is 4. The Labute approximate surface area is 119 Å². The van der Waals surface area contributed by atoms with Crippen molar-refractivity contribution in [3.8, 4) is 0 Å². The van der Waals surface area contributed by atoms with Crippen molar-refractivity contribution in [1.82, 2.24) is 0 Å². The van der Waals surface area contributed by atoms with Crippen LogP contribution in [0.3, 0.4) is 0 Å². The van der Waals surface area contributed by atoms with E-state index in [0.29, 0.717) is 0 Å². The van der Waals surface area contributed by atoms with E-state index >= 15 is 0 Å². The lowest BCUT2D eigenvalue weighted by Crippen LogP contribution is -2.16. The first-order chi connectivity index (χ1) is 9.49. The van der Waals surface area contributed by atoms with Gasteiger partial charge in [0.15, 0.2) is 0 Å². The molecule has 0 aromatic rings. The van der Waals surface area contributed by atoms with E-state index in [1.807, 2.05) is 13.8 Å². The molecule has 0 N–H and O–H groups in total. The van der Waals surface area contributed by atoms with E-state index in [2.05, 4.69) is 22.6 Å².